The maximum absolute atomic E-state index is 5.75. The molecule has 0 atom stereocenters. The molecule has 2 aliphatic rings. The molecule has 1 heterocycles. The van der Waals surface area contributed by atoms with Crippen molar-refractivity contribution in [2.24, 2.45) is 0 Å². The van der Waals surface area contributed by atoms with Crippen LogP contribution in [0.4, 0.5) is 0 Å². The fourth-order valence-corrected chi connectivity index (χ4v) is 1.51. The van der Waals surface area contributed by atoms with E-state index >= 15 is 0 Å². The van der Waals surface area contributed by atoms with E-state index in [-0.39, 0.29) is 0 Å². The van der Waals surface area contributed by atoms with E-state index in [0.717, 1.165) is 19.4 Å². The van der Waals surface area contributed by atoms with Gasteiger partial charge in [-0.3, -0.25) is 0 Å². The lowest BCUT2D eigenvalue weighted by Gasteiger charge is -2.12. The Bertz CT molecular complexity index is 250. The Morgan fingerprint density at radius 3 is 3.00 bits per heavy atom. The van der Waals surface area contributed by atoms with Crippen LogP contribution in [0.15, 0.2) is 35.6 Å². The second-order valence-electron chi connectivity index (χ2n) is 2.89. The lowest BCUT2D eigenvalue weighted by molar-refractivity contribution is 0.621. The summed E-state index contributed by atoms with van der Waals surface area (Å²) in [6.45, 7) is 0.958. The van der Waals surface area contributed by atoms with Gasteiger partial charge in [-0.05, 0) is 24.5 Å². The Morgan fingerprint density at radius 1 is 1.27 bits per heavy atom. The topological polar surface area (TPSA) is 3.24 Å². The highest BCUT2D eigenvalue weighted by Crippen LogP contribution is 2.24. The van der Waals surface area contributed by atoms with Crippen molar-refractivity contribution in [2.75, 3.05) is 6.54 Å². The summed E-state index contributed by atoms with van der Waals surface area (Å²) in [5, 5.41) is 0. The number of hydrogen-bond acceptors (Lipinski definition) is 1. The van der Waals surface area contributed by atoms with Gasteiger partial charge in [0.2, 0.25) is 7.98 Å². The van der Waals surface area contributed by atoms with Gasteiger partial charge in [-0.25, -0.2) is 0 Å². The van der Waals surface area contributed by atoms with Crippen LogP contribution in [0.5, 0.6) is 0 Å². The van der Waals surface area contributed by atoms with Crippen LogP contribution in [0.3, 0.4) is 0 Å². The highest BCUT2D eigenvalue weighted by molar-refractivity contribution is 6.06. The molecule has 0 amide bonds. The first-order chi connectivity index (χ1) is 5.38. The lowest BCUT2D eigenvalue weighted by atomic mass is 10.2. The minimum atomic E-state index is 0.958. The molecule has 2 rings (SSSR count). The van der Waals surface area contributed by atoms with E-state index in [9.17, 15) is 0 Å². The molecule has 0 spiro atoms. The van der Waals surface area contributed by atoms with Gasteiger partial charge in [-0.15, -0.1) is 0 Å². The molecule has 2 heteroatoms. The van der Waals surface area contributed by atoms with E-state index < -0.39 is 0 Å². The van der Waals surface area contributed by atoms with Crippen molar-refractivity contribution in [3.63, 3.8) is 0 Å². The molecule has 0 saturated carbocycles. The minimum absolute atomic E-state index is 0.958. The van der Waals surface area contributed by atoms with Crippen molar-refractivity contribution in [3.8, 4) is 0 Å². The van der Waals surface area contributed by atoms with Crippen molar-refractivity contribution in [3.05, 3.63) is 35.6 Å². The van der Waals surface area contributed by atoms with Gasteiger partial charge in [-0.2, -0.15) is 0 Å². The highest BCUT2D eigenvalue weighted by Gasteiger charge is 2.14. The van der Waals surface area contributed by atoms with E-state index in [4.69, 9.17) is 7.98 Å². The predicted molar refractivity (Wildman–Crippen MR) is 47.0 cm³/mol. The van der Waals surface area contributed by atoms with Gasteiger partial charge in [0.25, 0.3) is 0 Å². The zero-order chi connectivity index (χ0) is 7.68. The second kappa shape index (κ2) is 2.61. The molecule has 1 aliphatic heterocycles. The maximum atomic E-state index is 5.75. The van der Waals surface area contributed by atoms with Crippen LogP contribution in [-0.2, 0) is 0 Å². The SMILES string of the molecule is [B]N1CCC2=C1C=CCC=C2. The minimum Gasteiger partial charge on any atom is -0.424 e. The monoisotopic (exact) mass is 143 g/mol. The predicted octanol–water partition coefficient (Wildman–Crippen LogP) is 1.55. The van der Waals surface area contributed by atoms with Crippen LogP contribution >= 0.6 is 0 Å². The normalized spacial score (nSPS) is 22.4. The number of hydrogen-bond donors (Lipinski definition) is 0. The smallest absolute Gasteiger partial charge is 0.226 e. The molecular weight excluding hydrogens is 133 g/mol. The summed E-state index contributed by atoms with van der Waals surface area (Å²) in [6.07, 6.45) is 10.7. The van der Waals surface area contributed by atoms with Gasteiger partial charge < -0.3 is 4.81 Å². The molecule has 0 N–H and O–H groups in total. The van der Waals surface area contributed by atoms with Gasteiger partial charge >= 0.3 is 0 Å². The summed E-state index contributed by atoms with van der Waals surface area (Å²) in [6, 6.07) is 0. The molecule has 1 nitrogen and oxygen atoms in total. The van der Waals surface area contributed by atoms with Crippen molar-refractivity contribution in [1.82, 2.24) is 4.81 Å². The first-order valence-corrected chi connectivity index (χ1v) is 3.96. The fourth-order valence-electron chi connectivity index (χ4n) is 1.51. The quantitative estimate of drug-likeness (QED) is 0.465. The summed E-state index contributed by atoms with van der Waals surface area (Å²) < 4.78 is 0. The van der Waals surface area contributed by atoms with Gasteiger partial charge in [-0.1, -0.05) is 18.2 Å². The summed E-state index contributed by atoms with van der Waals surface area (Å²) >= 11 is 0. The van der Waals surface area contributed by atoms with Gasteiger partial charge in [0, 0.05) is 12.2 Å². The molecule has 0 saturated heterocycles. The molecule has 0 aromatic carbocycles. The van der Waals surface area contributed by atoms with Crippen LogP contribution in [0.1, 0.15) is 12.8 Å². The zero-order valence-electron chi connectivity index (χ0n) is 6.46. The zero-order valence-corrected chi connectivity index (χ0v) is 6.46. The van der Waals surface area contributed by atoms with Gasteiger partial charge in [0.15, 0.2) is 0 Å². The number of allylic oxidation sites excluding steroid dienone is 4. The molecule has 0 aromatic heterocycles. The fraction of sp³-hybridized carbons (Fsp3) is 0.333. The molecule has 11 heavy (non-hydrogen) atoms. The first-order valence-electron chi connectivity index (χ1n) is 3.96. The summed E-state index contributed by atoms with van der Waals surface area (Å²) in [5.74, 6) is 0. The van der Waals surface area contributed by atoms with E-state index in [1.54, 1.807) is 0 Å². The average molecular weight is 143 g/mol. The third kappa shape index (κ3) is 1.13. The summed E-state index contributed by atoms with van der Waals surface area (Å²) in [4.78, 5) is 1.82. The molecule has 54 valence electrons. The van der Waals surface area contributed by atoms with Crippen LogP contribution < -0.4 is 0 Å². The third-order valence-electron chi connectivity index (χ3n) is 2.13. The Balaban J connectivity index is 2.36. The van der Waals surface area contributed by atoms with Gasteiger partial charge in [0.1, 0.15) is 0 Å². The van der Waals surface area contributed by atoms with Crippen LogP contribution in [-0.4, -0.2) is 19.3 Å². The molecule has 0 fully saturated rings. The van der Waals surface area contributed by atoms with Crippen molar-refractivity contribution in [1.29, 1.82) is 0 Å². The largest absolute Gasteiger partial charge is 0.424 e. The lowest BCUT2D eigenvalue weighted by Crippen LogP contribution is -2.13. The third-order valence-corrected chi connectivity index (χ3v) is 2.13. The Morgan fingerprint density at radius 2 is 2.09 bits per heavy atom. The summed E-state index contributed by atoms with van der Waals surface area (Å²) in [5.41, 5.74) is 2.57. The highest BCUT2D eigenvalue weighted by atomic mass is 15.1. The van der Waals surface area contributed by atoms with E-state index in [1.165, 1.54) is 11.3 Å². The van der Waals surface area contributed by atoms with Crippen molar-refractivity contribution in [2.45, 2.75) is 12.8 Å². The summed E-state index contributed by atoms with van der Waals surface area (Å²) in [7, 11) is 5.75. The van der Waals surface area contributed by atoms with Crippen LogP contribution in [0.2, 0.25) is 0 Å². The average Bonchev–Trinajstić information content (AvgIpc) is 2.25. The molecule has 0 aromatic rings. The van der Waals surface area contributed by atoms with E-state index in [2.05, 4.69) is 24.3 Å². The molecule has 0 bridgehead atoms. The Hall–Kier alpha value is -0.915. The molecule has 0 unspecified atom stereocenters. The molecule has 1 aliphatic carbocycles. The van der Waals surface area contributed by atoms with Crippen LogP contribution in [0.25, 0.3) is 0 Å². The van der Waals surface area contributed by atoms with Crippen molar-refractivity contribution < 1.29 is 0 Å². The first kappa shape index (κ1) is 6.77. The van der Waals surface area contributed by atoms with Crippen molar-refractivity contribution >= 4 is 7.98 Å². The number of nitrogens with zero attached hydrogens (tertiary/aromatic N) is 1. The Kier molecular flexibility index (Phi) is 1.61. The van der Waals surface area contributed by atoms with E-state index in [0.29, 0.717) is 0 Å². The molecule has 2 radical (unpaired) electrons. The van der Waals surface area contributed by atoms with E-state index in [1.807, 2.05) is 4.81 Å². The molecular formula is C9H10BN. The maximum Gasteiger partial charge on any atom is 0.226 e. The van der Waals surface area contributed by atoms with Gasteiger partial charge in [0.05, 0.1) is 0 Å². The number of rotatable bonds is 0. The Labute approximate surface area is 68.5 Å². The standard InChI is InChI=1S/C9H10BN/c10-11-7-6-8-4-2-1-3-5-9(8)11/h2-5H,1,6-7H2. The van der Waals surface area contributed by atoms with Crippen LogP contribution in [0, 0.1) is 0 Å². The second-order valence-corrected chi connectivity index (χ2v) is 2.89.